The van der Waals surface area contributed by atoms with Crippen molar-refractivity contribution in [2.45, 2.75) is 6.54 Å². The van der Waals surface area contributed by atoms with E-state index in [-0.39, 0.29) is 18.3 Å². The van der Waals surface area contributed by atoms with E-state index in [2.05, 4.69) is 5.32 Å². The highest BCUT2D eigenvalue weighted by atomic mass is 35.5. The molecule has 2 aromatic carbocycles. The fraction of sp³-hybridized carbons (Fsp3) is 0.278. The van der Waals surface area contributed by atoms with Gasteiger partial charge in [0.15, 0.2) is 6.54 Å². The Bertz CT molecular complexity index is 755. The molecule has 1 amide bonds. The second-order valence-electron chi connectivity index (χ2n) is 5.66. The molecule has 0 bridgehead atoms. The Labute approximate surface area is 151 Å². The van der Waals surface area contributed by atoms with Gasteiger partial charge < -0.3 is 19.7 Å². The summed E-state index contributed by atoms with van der Waals surface area (Å²) in [5, 5.41) is 3.29. The molecule has 0 aliphatic heterocycles. The molecule has 5 nitrogen and oxygen atoms in total. The Balaban J connectivity index is 2.01. The van der Waals surface area contributed by atoms with E-state index in [1.807, 2.05) is 7.05 Å². The maximum atomic E-state index is 13.4. The van der Waals surface area contributed by atoms with Crippen molar-refractivity contribution in [1.82, 2.24) is 0 Å². The van der Waals surface area contributed by atoms with Gasteiger partial charge in [0.25, 0.3) is 5.91 Å². The number of ether oxygens (including phenoxy) is 2. The zero-order valence-corrected chi connectivity index (χ0v) is 15.1. The molecular weight excluding hydrogens is 347 g/mol. The van der Waals surface area contributed by atoms with Gasteiger partial charge >= 0.3 is 0 Å². The number of rotatable bonds is 7. The van der Waals surface area contributed by atoms with Crippen molar-refractivity contribution in [2.24, 2.45) is 0 Å². The molecule has 0 spiro atoms. The lowest BCUT2D eigenvalue weighted by atomic mass is 10.2. The van der Waals surface area contributed by atoms with Crippen LogP contribution < -0.4 is 19.7 Å². The highest BCUT2D eigenvalue weighted by Crippen LogP contribution is 2.27. The van der Waals surface area contributed by atoms with Gasteiger partial charge in [0.05, 0.1) is 32.5 Å². The minimum Gasteiger partial charge on any atom is -0.496 e. The number of quaternary nitrogens is 1. The Morgan fingerprint density at radius 3 is 2.52 bits per heavy atom. The molecule has 2 aromatic rings. The maximum absolute atomic E-state index is 13.4. The Morgan fingerprint density at radius 1 is 1.16 bits per heavy atom. The van der Waals surface area contributed by atoms with Crippen LogP contribution in [0.25, 0.3) is 0 Å². The Kier molecular flexibility index (Phi) is 6.61. The van der Waals surface area contributed by atoms with Gasteiger partial charge in [0.2, 0.25) is 0 Å². The third-order valence-electron chi connectivity index (χ3n) is 3.63. The molecular formula is C18H21ClFN2O3+. The summed E-state index contributed by atoms with van der Waals surface area (Å²) < 4.78 is 23.9. The molecule has 134 valence electrons. The van der Waals surface area contributed by atoms with Gasteiger partial charge in [0.1, 0.15) is 23.9 Å². The van der Waals surface area contributed by atoms with E-state index in [9.17, 15) is 9.18 Å². The van der Waals surface area contributed by atoms with Crippen molar-refractivity contribution in [3.05, 3.63) is 52.8 Å². The van der Waals surface area contributed by atoms with Crippen LogP contribution >= 0.6 is 11.6 Å². The van der Waals surface area contributed by atoms with Crippen LogP contribution in [0.4, 0.5) is 10.1 Å². The summed E-state index contributed by atoms with van der Waals surface area (Å²) in [6, 6.07) is 9.34. The van der Waals surface area contributed by atoms with Gasteiger partial charge in [-0.1, -0.05) is 11.6 Å². The molecule has 2 rings (SSSR count). The Hall–Kier alpha value is -2.31. The number of halogens is 2. The first-order chi connectivity index (χ1) is 11.9. The molecule has 2 N–H and O–H groups in total. The van der Waals surface area contributed by atoms with E-state index in [4.69, 9.17) is 21.1 Å². The van der Waals surface area contributed by atoms with Crippen molar-refractivity contribution in [3.63, 3.8) is 0 Å². The number of hydrogen-bond donors (Lipinski definition) is 2. The van der Waals surface area contributed by atoms with E-state index in [0.717, 1.165) is 4.90 Å². The number of nitrogens with one attached hydrogen (secondary N) is 2. The number of amides is 1. The third-order valence-corrected chi connectivity index (χ3v) is 3.87. The second kappa shape index (κ2) is 8.69. The van der Waals surface area contributed by atoms with E-state index >= 15 is 0 Å². The van der Waals surface area contributed by atoms with Crippen LogP contribution in [-0.2, 0) is 11.3 Å². The van der Waals surface area contributed by atoms with Crippen LogP contribution in [0.1, 0.15) is 5.56 Å². The average Bonchev–Trinajstić information content (AvgIpc) is 2.55. The molecule has 0 aliphatic carbocycles. The monoisotopic (exact) mass is 367 g/mol. The highest BCUT2D eigenvalue weighted by molar-refractivity contribution is 6.31. The van der Waals surface area contributed by atoms with Crippen LogP contribution in [0, 0.1) is 5.82 Å². The van der Waals surface area contributed by atoms with Gasteiger partial charge in [-0.3, -0.25) is 4.79 Å². The fourth-order valence-corrected chi connectivity index (χ4v) is 2.69. The van der Waals surface area contributed by atoms with Crippen LogP contribution in [0.5, 0.6) is 11.5 Å². The normalized spacial score (nSPS) is 11.7. The number of benzene rings is 2. The maximum Gasteiger partial charge on any atom is 0.279 e. The molecule has 1 unspecified atom stereocenters. The first kappa shape index (κ1) is 19.0. The lowest BCUT2D eigenvalue weighted by Gasteiger charge is -2.16. The molecule has 7 heteroatoms. The van der Waals surface area contributed by atoms with Crippen molar-refractivity contribution in [1.29, 1.82) is 0 Å². The lowest BCUT2D eigenvalue weighted by molar-refractivity contribution is -0.885. The number of carbonyl (C=O) groups excluding carboxylic acids is 1. The zero-order valence-electron chi connectivity index (χ0n) is 14.4. The number of hydrogen-bond acceptors (Lipinski definition) is 3. The molecule has 1 atom stereocenters. The molecule has 0 radical (unpaired) electrons. The van der Waals surface area contributed by atoms with Gasteiger partial charge in [-0.15, -0.1) is 0 Å². The first-order valence-electron chi connectivity index (χ1n) is 7.70. The molecule has 0 saturated heterocycles. The van der Waals surface area contributed by atoms with Crippen molar-refractivity contribution >= 4 is 23.2 Å². The summed E-state index contributed by atoms with van der Waals surface area (Å²) in [6.45, 7) is 0.635. The van der Waals surface area contributed by atoms with Crippen molar-refractivity contribution in [3.8, 4) is 11.5 Å². The highest BCUT2D eigenvalue weighted by Gasteiger charge is 2.16. The summed E-state index contributed by atoms with van der Waals surface area (Å²) in [5.74, 6) is 0.588. The number of anilines is 1. The quantitative estimate of drug-likeness (QED) is 0.788. The number of methoxy groups -OCH3 is 2. The summed E-state index contributed by atoms with van der Waals surface area (Å²) in [5.41, 5.74) is 1.21. The van der Waals surface area contributed by atoms with E-state index in [0.29, 0.717) is 34.3 Å². The van der Waals surface area contributed by atoms with Crippen LogP contribution in [0.3, 0.4) is 0 Å². The molecule has 0 heterocycles. The van der Waals surface area contributed by atoms with Crippen LogP contribution in [-0.4, -0.2) is 33.7 Å². The minimum absolute atomic E-state index is 0.190. The fourth-order valence-electron chi connectivity index (χ4n) is 2.52. The van der Waals surface area contributed by atoms with E-state index in [1.54, 1.807) is 24.3 Å². The second-order valence-corrected chi connectivity index (χ2v) is 6.10. The van der Waals surface area contributed by atoms with Gasteiger partial charge in [-0.25, -0.2) is 4.39 Å². The summed E-state index contributed by atoms with van der Waals surface area (Å²) in [7, 11) is 4.90. The topological polar surface area (TPSA) is 52.0 Å². The van der Waals surface area contributed by atoms with Gasteiger partial charge in [-0.05, 0) is 36.4 Å². The molecule has 25 heavy (non-hydrogen) atoms. The predicted octanol–water partition coefficient (Wildman–Crippen LogP) is 2.15. The SMILES string of the molecule is COc1ccc(F)cc1C[NH+](C)CC(=O)Nc1cc(Cl)ccc1OC. The molecule has 0 aliphatic rings. The van der Waals surface area contributed by atoms with E-state index < -0.39 is 0 Å². The smallest absolute Gasteiger partial charge is 0.279 e. The van der Waals surface area contributed by atoms with Gasteiger partial charge in [0, 0.05) is 5.02 Å². The van der Waals surface area contributed by atoms with Crippen LogP contribution in [0.15, 0.2) is 36.4 Å². The summed E-state index contributed by atoms with van der Waals surface area (Å²) in [4.78, 5) is 13.2. The van der Waals surface area contributed by atoms with Crippen LogP contribution in [0.2, 0.25) is 5.02 Å². The summed E-state index contributed by atoms with van der Waals surface area (Å²) >= 11 is 5.96. The Morgan fingerprint density at radius 2 is 1.84 bits per heavy atom. The van der Waals surface area contributed by atoms with Crippen molar-refractivity contribution in [2.75, 3.05) is 33.1 Å². The average molecular weight is 368 g/mol. The lowest BCUT2D eigenvalue weighted by Crippen LogP contribution is -3.08. The predicted molar refractivity (Wildman–Crippen MR) is 95.0 cm³/mol. The molecule has 0 aromatic heterocycles. The standard InChI is InChI=1S/C18H20ClFN2O3/c1-22(10-12-8-14(20)5-7-16(12)24-2)11-18(23)21-15-9-13(19)4-6-17(15)25-3/h4-9H,10-11H2,1-3H3,(H,21,23)/p+1. The third kappa shape index (κ3) is 5.34. The number of carbonyl (C=O) groups is 1. The zero-order chi connectivity index (χ0) is 18.4. The van der Waals surface area contributed by atoms with E-state index in [1.165, 1.54) is 26.4 Å². The molecule has 0 fully saturated rings. The summed E-state index contributed by atoms with van der Waals surface area (Å²) in [6.07, 6.45) is 0. The van der Waals surface area contributed by atoms with Gasteiger partial charge in [-0.2, -0.15) is 0 Å². The number of likely N-dealkylation sites (N-methyl/N-ethyl adjacent to an activating group) is 1. The molecule has 0 saturated carbocycles. The largest absolute Gasteiger partial charge is 0.496 e. The minimum atomic E-state index is -0.336. The first-order valence-corrected chi connectivity index (χ1v) is 8.08. The van der Waals surface area contributed by atoms with Crippen molar-refractivity contribution < 1.29 is 23.6 Å².